The third-order valence-electron chi connectivity index (χ3n) is 3.45. The minimum absolute atomic E-state index is 0.0400. The molecule has 1 aliphatic heterocycles. The molecule has 1 fully saturated rings. The molecule has 2 heterocycles. The van der Waals surface area contributed by atoms with Gasteiger partial charge in [-0.15, -0.1) is 11.3 Å². The van der Waals surface area contributed by atoms with Crippen LogP contribution in [0, 0.1) is 0 Å². The average Bonchev–Trinajstić information content (AvgIpc) is 3.08. The van der Waals surface area contributed by atoms with Crippen molar-refractivity contribution in [2.75, 3.05) is 6.61 Å². The van der Waals surface area contributed by atoms with Crippen molar-refractivity contribution in [2.45, 2.75) is 51.4 Å². The summed E-state index contributed by atoms with van der Waals surface area (Å²) in [6, 6.07) is 4.04. The molecule has 1 aliphatic rings. The van der Waals surface area contributed by atoms with Gasteiger partial charge in [-0.2, -0.15) is 0 Å². The van der Waals surface area contributed by atoms with Crippen LogP contribution in [0.15, 0.2) is 17.5 Å². The van der Waals surface area contributed by atoms with E-state index in [0.29, 0.717) is 6.54 Å². The SMILES string of the molecule is CC(NC(C)C1CCCO1)C(=O)NCc1cccs1. The van der Waals surface area contributed by atoms with E-state index in [4.69, 9.17) is 4.74 Å². The Morgan fingerprint density at radius 3 is 3.05 bits per heavy atom. The molecule has 1 saturated heterocycles. The van der Waals surface area contributed by atoms with Crippen LogP contribution in [0.1, 0.15) is 31.6 Å². The molecular formula is C14H22N2O2S. The number of nitrogens with one attached hydrogen (secondary N) is 2. The lowest BCUT2D eigenvalue weighted by Crippen LogP contribution is -2.49. The molecule has 3 unspecified atom stereocenters. The van der Waals surface area contributed by atoms with Crippen molar-refractivity contribution in [2.24, 2.45) is 0 Å². The zero-order chi connectivity index (χ0) is 13.7. The highest BCUT2D eigenvalue weighted by Gasteiger charge is 2.25. The van der Waals surface area contributed by atoms with Gasteiger partial charge in [0.1, 0.15) is 0 Å². The van der Waals surface area contributed by atoms with E-state index in [-0.39, 0.29) is 24.1 Å². The Morgan fingerprint density at radius 1 is 1.58 bits per heavy atom. The Labute approximate surface area is 118 Å². The second-order valence-corrected chi connectivity index (χ2v) is 6.06. The largest absolute Gasteiger partial charge is 0.377 e. The quantitative estimate of drug-likeness (QED) is 0.838. The van der Waals surface area contributed by atoms with Crippen LogP contribution < -0.4 is 10.6 Å². The van der Waals surface area contributed by atoms with Crippen molar-refractivity contribution in [3.63, 3.8) is 0 Å². The summed E-state index contributed by atoms with van der Waals surface area (Å²) in [5.41, 5.74) is 0. The van der Waals surface area contributed by atoms with E-state index in [1.807, 2.05) is 24.4 Å². The van der Waals surface area contributed by atoms with E-state index in [0.717, 1.165) is 19.4 Å². The maximum absolute atomic E-state index is 12.0. The summed E-state index contributed by atoms with van der Waals surface area (Å²) in [6.07, 6.45) is 2.44. The van der Waals surface area contributed by atoms with Crippen molar-refractivity contribution in [3.8, 4) is 0 Å². The van der Waals surface area contributed by atoms with Gasteiger partial charge >= 0.3 is 0 Å². The first-order valence-corrected chi connectivity index (χ1v) is 7.72. The van der Waals surface area contributed by atoms with E-state index in [9.17, 15) is 4.79 Å². The minimum atomic E-state index is -0.195. The molecule has 1 amide bonds. The van der Waals surface area contributed by atoms with Crippen LogP contribution in [-0.4, -0.2) is 30.7 Å². The maximum Gasteiger partial charge on any atom is 0.237 e. The first-order chi connectivity index (χ1) is 9.16. The van der Waals surface area contributed by atoms with Gasteiger partial charge < -0.3 is 15.4 Å². The predicted molar refractivity (Wildman–Crippen MR) is 77.2 cm³/mol. The summed E-state index contributed by atoms with van der Waals surface area (Å²) in [7, 11) is 0. The molecule has 0 spiro atoms. The summed E-state index contributed by atoms with van der Waals surface area (Å²) in [5.74, 6) is 0.0400. The van der Waals surface area contributed by atoms with E-state index in [1.165, 1.54) is 4.88 Å². The summed E-state index contributed by atoms with van der Waals surface area (Å²) in [4.78, 5) is 13.2. The van der Waals surface area contributed by atoms with E-state index >= 15 is 0 Å². The first kappa shape index (κ1) is 14.5. The van der Waals surface area contributed by atoms with Crippen molar-refractivity contribution in [3.05, 3.63) is 22.4 Å². The topological polar surface area (TPSA) is 50.4 Å². The highest BCUT2D eigenvalue weighted by atomic mass is 32.1. The molecule has 4 nitrogen and oxygen atoms in total. The molecular weight excluding hydrogens is 260 g/mol. The molecule has 2 N–H and O–H groups in total. The Morgan fingerprint density at radius 2 is 2.42 bits per heavy atom. The summed E-state index contributed by atoms with van der Waals surface area (Å²) < 4.78 is 5.62. The number of hydrogen-bond acceptors (Lipinski definition) is 4. The average molecular weight is 282 g/mol. The first-order valence-electron chi connectivity index (χ1n) is 6.84. The number of amides is 1. The Balaban J connectivity index is 1.72. The fourth-order valence-corrected chi connectivity index (χ4v) is 2.96. The molecule has 106 valence electrons. The van der Waals surface area contributed by atoms with Gasteiger partial charge in [-0.3, -0.25) is 4.79 Å². The van der Waals surface area contributed by atoms with Crippen molar-refractivity contribution in [1.29, 1.82) is 0 Å². The molecule has 19 heavy (non-hydrogen) atoms. The van der Waals surface area contributed by atoms with Gasteiger partial charge in [0.15, 0.2) is 0 Å². The molecule has 5 heteroatoms. The standard InChI is InChI=1S/C14H22N2O2S/c1-10(13-6-3-7-18-13)16-11(2)14(17)15-9-12-5-4-8-19-12/h4-5,8,10-11,13,16H,3,6-7,9H2,1-2H3,(H,15,17). The van der Waals surface area contributed by atoms with Crippen LogP contribution in [0.4, 0.5) is 0 Å². The lowest BCUT2D eigenvalue weighted by Gasteiger charge is -2.23. The highest BCUT2D eigenvalue weighted by molar-refractivity contribution is 7.09. The van der Waals surface area contributed by atoms with Gasteiger partial charge in [0, 0.05) is 17.5 Å². The van der Waals surface area contributed by atoms with Gasteiger partial charge in [0.05, 0.1) is 18.7 Å². The summed E-state index contributed by atoms with van der Waals surface area (Å²) in [6.45, 7) is 5.43. The zero-order valence-electron chi connectivity index (χ0n) is 11.5. The van der Waals surface area contributed by atoms with Gasteiger partial charge in [-0.05, 0) is 38.1 Å². The summed E-state index contributed by atoms with van der Waals surface area (Å²) in [5, 5.41) is 8.28. The molecule has 0 radical (unpaired) electrons. The van der Waals surface area contributed by atoms with Crippen molar-refractivity contribution < 1.29 is 9.53 Å². The van der Waals surface area contributed by atoms with Crippen LogP contribution in [-0.2, 0) is 16.1 Å². The van der Waals surface area contributed by atoms with E-state index in [2.05, 4.69) is 17.6 Å². The fraction of sp³-hybridized carbons (Fsp3) is 0.643. The monoisotopic (exact) mass is 282 g/mol. The zero-order valence-corrected chi connectivity index (χ0v) is 12.3. The number of thiophene rings is 1. The van der Waals surface area contributed by atoms with E-state index < -0.39 is 0 Å². The molecule has 0 aliphatic carbocycles. The third kappa shape index (κ3) is 4.30. The number of carbonyl (C=O) groups excluding carboxylic acids is 1. The van der Waals surface area contributed by atoms with Crippen molar-refractivity contribution in [1.82, 2.24) is 10.6 Å². The lowest BCUT2D eigenvalue weighted by atomic mass is 10.1. The smallest absolute Gasteiger partial charge is 0.237 e. The van der Waals surface area contributed by atoms with Crippen LogP contribution in [0.5, 0.6) is 0 Å². The highest BCUT2D eigenvalue weighted by Crippen LogP contribution is 2.15. The number of carbonyl (C=O) groups is 1. The molecule has 0 bridgehead atoms. The van der Waals surface area contributed by atoms with Gasteiger partial charge in [-0.25, -0.2) is 0 Å². The van der Waals surface area contributed by atoms with Gasteiger partial charge in [-0.1, -0.05) is 6.07 Å². The van der Waals surface area contributed by atoms with Gasteiger partial charge in [0.25, 0.3) is 0 Å². The molecule has 0 saturated carbocycles. The van der Waals surface area contributed by atoms with Crippen LogP contribution in [0.3, 0.4) is 0 Å². The van der Waals surface area contributed by atoms with Crippen LogP contribution in [0.2, 0.25) is 0 Å². The normalized spacial score (nSPS) is 22.1. The van der Waals surface area contributed by atoms with Gasteiger partial charge in [0.2, 0.25) is 5.91 Å². The maximum atomic E-state index is 12.0. The second kappa shape index (κ2) is 7.03. The number of rotatable bonds is 6. The minimum Gasteiger partial charge on any atom is -0.377 e. The van der Waals surface area contributed by atoms with E-state index in [1.54, 1.807) is 11.3 Å². The molecule has 0 aromatic carbocycles. The Hall–Kier alpha value is -0.910. The molecule has 1 aromatic heterocycles. The fourth-order valence-electron chi connectivity index (χ4n) is 2.31. The Kier molecular flexibility index (Phi) is 5.36. The van der Waals surface area contributed by atoms with Crippen LogP contribution >= 0.6 is 11.3 Å². The van der Waals surface area contributed by atoms with Crippen LogP contribution in [0.25, 0.3) is 0 Å². The number of ether oxygens (including phenoxy) is 1. The molecule has 2 rings (SSSR count). The third-order valence-corrected chi connectivity index (χ3v) is 4.32. The predicted octanol–water partition coefficient (Wildman–Crippen LogP) is 1.91. The van der Waals surface area contributed by atoms with Crippen molar-refractivity contribution >= 4 is 17.2 Å². The second-order valence-electron chi connectivity index (χ2n) is 5.03. The lowest BCUT2D eigenvalue weighted by molar-refractivity contribution is -0.123. The molecule has 3 atom stereocenters. The Bertz CT molecular complexity index is 388. The number of hydrogen-bond donors (Lipinski definition) is 2. The molecule has 1 aromatic rings. The summed E-state index contributed by atoms with van der Waals surface area (Å²) >= 11 is 1.66.